The molecule has 0 spiro atoms. The zero-order valence-corrected chi connectivity index (χ0v) is 10.9. The second-order valence-electron chi connectivity index (χ2n) is 5.68. The van der Waals surface area contributed by atoms with Gasteiger partial charge in [0.15, 0.2) is 0 Å². The van der Waals surface area contributed by atoms with Crippen LogP contribution < -0.4 is 11.1 Å². The van der Waals surface area contributed by atoms with Crippen molar-refractivity contribution < 1.29 is 14.6 Å². The van der Waals surface area contributed by atoms with Crippen molar-refractivity contribution in [1.82, 2.24) is 5.32 Å². The number of rotatable bonds is 3. The third-order valence-electron chi connectivity index (χ3n) is 4.10. The van der Waals surface area contributed by atoms with Gasteiger partial charge in [0.1, 0.15) is 0 Å². The maximum absolute atomic E-state index is 12.0. The molecule has 2 fully saturated rings. The molecular formula is C13H24N2O3. The smallest absolute Gasteiger partial charge is 0.223 e. The molecule has 1 aliphatic carbocycles. The van der Waals surface area contributed by atoms with Crippen LogP contribution in [0.5, 0.6) is 0 Å². The van der Waals surface area contributed by atoms with Crippen LogP contribution in [0.4, 0.5) is 0 Å². The number of aliphatic hydroxyl groups is 1. The van der Waals surface area contributed by atoms with Gasteiger partial charge < -0.3 is 20.9 Å². The van der Waals surface area contributed by atoms with Gasteiger partial charge in [-0.05, 0) is 19.3 Å². The lowest BCUT2D eigenvalue weighted by Gasteiger charge is -2.33. The molecule has 1 saturated carbocycles. The first kappa shape index (κ1) is 13.8. The number of nitrogens with one attached hydrogen (secondary N) is 1. The van der Waals surface area contributed by atoms with E-state index in [9.17, 15) is 9.90 Å². The number of ether oxygens (including phenoxy) is 1. The lowest BCUT2D eigenvalue weighted by Crippen LogP contribution is -2.48. The van der Waals surface area contributed by atoms with Gasteiger partial charge in [0.05, 0.1) is 5.60 Å². The molecule has 104 valence electrons. The fourth-order valence-electron chi connectivity index (χ4n) is 2.79. The highest BCUT2D eigenvalue weighted by Gasteiger charge is 2.32. The largest absolute Gasteiger partial charge is 0.388 e. The summed E-state index contributed by atoms with van der Waals surface area (Å²) in [6.07, 6.45) is 4.92. The Hall–Kier alpha value is -0.650. The number of carbonyl (C=O) groups excluding carboxylic acids is 1. The molecule has 2 unspecified atom stereocenters. The quantitative estimate of drug-likeness (QED) is 0.671. The summed E-state index contributed by atoms with van der Waals surface area (Å²) in [6.45, 7) is 1.47. The van der Waals surface area contributed by atoms with E-state index in [2.05, 4.69) is 5.32 Å². The first-order valence-corrected chi connectivity index (χ1v) is 6.92. The molecule has 0 aromatic heterocycles. The molecule has 1 amide bonds. The molecule has 0 aromatic carbocycles. The number of nitrogens with two attached hydrogens (primary N) is 1. The summed E-state index contributed by atoms with van der Waals surface area (Å²) in [7, 11) is 0. The molecule has 1 saturated heterocycles. The van der Waals surface area contributed by atoms with Crippen molar-refractivity contribution in [3.63, 3.8) is 0 Å². The highest BCUT2D eigenvalue weighted by Crippen LogP contribution is 2.24. The molecule has 5 heteroatoms. The zero-order valence-electron chi connectivity index (χ0n) is 10.9. The minimum atomic E-state index is -0.787. The third kappa shape index (κ3) is 3.67. The van der Waals surface area contributed by atoms with Crippen LogP contribution in [-0.2, 0) is 9.53 Å². The molecule has 0 bridgehead atoms. The van der Waals surface area contributed by atoms with Crippen LogP contribution in [0.1, 0.15) is 38.5 Å². The molecule has 18 heavy (non-hydrogen) atoms. The summed E-state index contributed by atoms with van der Waals surface area (Å²) in [5.74, 6) is 0.0715. The number of carbonyl (C=O) groups is 1. The fraction of sp³-hybridized carbons (Fsp3) is 0.923. The third-order valence-corrected chi connectivity index (χ3v) is 4.10. The average Bonchev–Trinajstić information content (AvgIpc) is 2.37. The van der Waals surface area contributed by atoms with Gasteiger partial charge in [-0.2, -0.15) is 0 Å². The molecule has 1 heterocycles. The summed E-state index contributed by atoms with van der Waals surface area (Å²) in [6, 6.07) is 0.153. The zero-order chi connectivity index (χ0) is 13.0. The van der Waals surface area contributed by atoms with E-state index in [-0.39, 0.29) is 17.9 Å². The van der Waals surface area contributed by atoms with Crippen molar-refractivity contribution in [2.24, 2.45) is 11.7 Å². The van der Waals surface area contributed by atoms with Crippen LogP contribution in [-0.4, -0.2) is 42.4 Å². The van der Waals surface area contributed by atoms with E-state index >= 15 is 0 Å². The van der Waals surface area contributed by atoms with E-state index in [1.54, 1.807) is 0 Å². The Morgan fingerprint density at radius 3 is 2.78 bits per heavy atom. The maximum Gasteiger partial charge on any atom is 0.223 e. The van der Waals surface area contributed by atoms with Gasteiger partial charge in [-0.1, -0.05) is 6.42 Å². The molecule has 2 rings (SSSR count). The van der Waals surface area contributed by atoms with Crippen LogP contribution in [0.25, 0.3) is 0 Å². The van der Waals surface area contributed by atoms with E-state index in [1.807, 2.05) is 0 Å². The lowest BCUT2D eigenvalue weighted by atomic mass is 9.85. The predicted octanol–water partition coefficient (Wildman–Crippen LogP) is 0.162. The standard InChI is InChI=1S/C13H24N2O3/c14-11-3-1-2-10(8-11)12(16)15-9-13(17)4-6-18-7-5-13/h10-11,17H,1-9,14H2,(H,15,16). The van der Waals surface area contributed by atoms with E-state index in [0.717, 1.165) is 25.7 Å². The Morgan fingerprint density at radius 2 is 2.11 bits per heavy atom. The minimum Gasteiger partial charge on any atom is -0.388 e. The molecule has 1 aliphatic heterocycles. The minimum absolute atomic E-state index is 0.0252. The molecular weight excluding hydrogens is 232 g/mol. The second-order valence-corrected chi connectivity index (χ2v) is 5.68. The first-order chi connectivity index (χ1) is 8.59. The second kappa shape index (κ2) is 5.99. The summed E-state index contributed by atoms with van der Waals surface area (Å²) in [5.41, 5.74) is 5.09. The molecule has 0 aromatic rings. The number of hydrogen-bond donors (Lipinski definition) is 3. The van der Waals surface area contributed by atoms with Crippen LogP contribution >= 0.6 is 0 Å². The van der Waals surface area contributed by atoms with Crippen LogP contribution in [0, 0.1) is 5.92 Å². The van der Waals surface area contributed by atoms with Crippen molar-refractivity contribution in [2.45, 2.75) is 50.2 Å². The Labute approximate surface area is 108 Å². The molecule has 2 atom stereocenters. The lowest BCUT2D eigenvalue weighted by molar-refractivity contribution is -0.128. The first-order valence-electron chi connectivity index (χ1n) is 6.92. The van der Waals surface area contributed by atoms with Crippen LogP contribution in [0.2, 0.25) is 0 Å². The van der Waals surface area contributed by atoms with Crippen molar-refractivity contribution in [2.75, 3.05) is 19.8 Å². The van der Waals surface area contributed by atoms with E-state index < -0.39 is 5.60 Å². The summed E-state index contributed by atoms with van der Waals surface area (Å²) >= 11 is 0. The molecule has 4 N–H and O–H groups in total. The molecule has 2 aliphatic rings. The van der Waals surface area contributed by atoms with Gasteiger partial charge in [-0.15, -0.1) is 0 Å². The average molecular weight is 256 g/mol. The van der Waals surface area contributed by atoms with Gasteiger partial charge >= 0.3 is 0 Å². The summed E-state index contributed by atoms with van der Waals surface area (Å²) in [4.78, 5) is 12.0. The summed E-state index contributed by atoms with van der Waals surface area (Å²) < 4.78 is 5.21. The van der Waals surface area contributed by atoms with Crippen molar-refractivity contribution in [3.8, 4) is 0 Å². The highest BCUT2D eigenvalue weighted by atomic mass is 16.5. The topological polar surface area (TPSA) is 84.6 Å². The predicted molar refractivity (Wildman–Crippen MR) is 67.9 cm³/mol. The Kier molecular flexibility index (Phi) is 4.59. The van der Waals surface area contributed by atoms with E-state index in [4.69, 9.17) is 10.5 Å². The van der Waals surface area contributed by atoms with Gasteiger partial charge in [-0.3, -0.25) is 4.79 Å². The molecule has 5 nitrogen and oxygen atoms in total. The van der Waals surface area contributed by atoms with E-state index in [0.29, 0.717) is 32.6 Å². The van der Waals surface area contributed by atoms with Gasteiger partial charge in [0.2, 0.25) is 5.91 Å². The van der Waals surface area contributed by atoms with Gasteiger partial charge in [0, 0.05) is 44.6 Å². The number of amides is 1. The fourth-order valence-corrected chi connectivity index (χ4v) is 2.79. The Bertz CT molecular complexity index is 290. The highest BCUT2D eigenvalue weighted by molar-refractivity contribution is 5.78. The Morgan fingerprint density at radius 1 is 1.39 bits per heavy atom. The molecule has 0 radical (unpaired) electrons. The Balaban J connectivity index is 1.76. The van der Waals surface area contributed by atoms with Crippen molar-refractivity contribution >= 4 is 5.91 Å². The van der Waals surface area contributed by atoms with Crippen LogP contribution in [0.15, 0.2) is 0 Å². The normalized spacial score (nSPS) is 31.9. The van der Waals surface area contributed by atoms with Gasteiger partial charge in [0.25, 0.3) is 0 Å². The maximum atomic E-state index is 12.0. The monoisotopic (exact) mass is 256 g/mol. The SMILES string of the molecule is NC1CCCC(C(=O)NCC2(O)CCOCC2)C1. The van der Waals surface area contributed by atoms with Crippen molar-refractivity contribution in [1.29, 1.82) is 0 Å². The van der Waals surface area contributed by atoms with Crippen LogP contribution in [0.3, 0.4) is 0 Å². The van der Waals surface area contributed by atoms with Crippen molar-refractivity contribution in [3.05, 3.63) is 0 Å². The summed E-state index contributed by atoms with van der Waals surface area (Å²) in [5, 5.41) is 13.1. The van der Waals surface area contributed by atoms with E-state index in [1.165, 1.54) is 0 Å². The number of hydrogen-bond acceptors (Lipinski definition) is 4. The van der Waals surface area contributed by atoms with Gasteiger partial charge in [-0.25, -0.2) is 0 Å².